The zero-order valence-corrected chi connectivity index (χ0v) is 16.6. The molecule has 138 valence electrons. The maximum atomic E-state index is 12.8. The van der Waals surface area contributed by atoms with E-state index < -0.39 is 0 Å². The number of halogens is 1. The number of benzene rings is 2. The van der Waals surface area contributed by atoms with Crippen molar-refractivity contribution in [3.63, 3.8) is 0 Å². The van der Waals surface area contributed by atoms with E-state index in [9.17, 15) is 4.79 Å². The van der Waals surface area contributed by atoms with Crippen LogP contribution in [0.15, 0.2) is 71.4 Å². The molecular formula is C21H20ClN3OS. The van der Waals surface area contributed by atoms with Crippen molar-refractivity contribution in [3.05, 3.63) is 82.9 Å². The number of amides is 1. The van der Waals surface area contributed by atoms with Crippen molar-refractivity contribution < 1.29 is 4.79 Å². The van der Waals surface area contributed by atoms with E-state index in [1.165, 1.54) is 22.9 Å². The molecule has 3 rings (SSSR count). The number of nitrogens with zero attached hydrogens (tertiary/aromatic N) is 3. The van der Waals surface area contributed by atoms with Gasteiger partial charge in [-0.1, -0.05) is 65.8 Å². The van der Waals surface area contributed by atoms with Crippen molar-refractivity contribution in [2.75, 3.05) is 6.54 Å². The number of hydrogen-bond donors (Lipinski definition) is 0. The zero-order chi connectivity index (χ0) is 19.2. The van der Waals surface area contributed by atoms with Gasteiger partial charge in [0.15, 0.2) is 5.17 Å². The van der Waals surface area contributed by atoms with Gasteiger partial charge in [-0.25, -0.2) is 0 Å². The molecule has 0 N–H and O–H groups in total. The summed E-state index contributed by atoms with van der Waals surface area (Å²) in [6.45, 7) is 6.23. The molecule has 1 unspecified atom stereocenters. The quantitative estimate of drug-likeness (QED) is 0.402. The van der Waals surface area contributed by atoms with Crippen molar-refractivity contribution in [3.8, 4) is 0 Å². The van der Waals surface area contributed by atoms with Gasteiger partial charge in [-0.3, -0.25) is 9.69 Å². The molecule has 1 aliphatic heterocycles. The molecule has 6 heteroatoms. The lowest BCUT2D eigenvalue weighted by Crippen LogP contribution is -2.32. The van der Waals surface area contributed by atoms with E-state index in [-0.39, 0.29) is 11.2 Å². The molecule has 0 radical (unpaired) electrons. The molecule has 1 saturated heterocycles. The Morgan fingerprint density at radius 2 is 1.96 bits per heavy atom. The summed E-state index contributed by atoms with van der Waals surface area (Å²) < 4.78 is 0. The third-order valence-corrected chi connectivity index (χ3v) is 5.64. The number of carbonyl (C=O) groups excluding carboxylic acids is 1. The van der Waals surface area contributed by atoms with Crippen LogP contribution in [0.1, 0.15) is 16.7 Å². The van der Waals surface area contributed by atoms with Gasteiger partial charge < -0.3 is 0 Å². The van der Waals surface area contributed by atoms with Gasteiger partial charge in [0.2, 0.25) is 5.91 Å². The normalized spacial score (nSPS) is 18.6. The van der Waals surface area contributed by atoms with Gasteiger partial charge in [-0.2, -0.15) is 5.10 Å². The van der Waals surface area contributed by atoms with Crippen molar-refractivity contribution >= 4 is 40.7 Å². The molecule has 0 aliphatic carbocycles. The molecule has 0 spiro atoms. The highest BCUT2D eigenvalue weighted by Crippen LogP contribution is 2.30. The van der Waals surface area contributed by atoms with Gasteiger partial charge in [-0.05, 0) is 42.2 Å². The third kappa shape index (κ3) is 4.87. The second-order valence-corrected chi connectivity index (χ2v) is 7.76. The fourth-order valence-electron chi connectivity index (χ4n) is 2.75. The average molecular weight is 398 g/mol. The highest BCUT2D eigenvalue weighted by atomic mass is 35.5. The minimum Gasteiger partial charge on any atom is -0.285 e. The Hall–Kier alpha value is -2.37. The van der Waals surface area contributed by atoms with E-state index in [4.69, 9.17) is 11.6 Å². The lowest BCUT2D eigenvalue weighted by molar-refractivity contribution is -0.125. The number of carbonyl (C=O) groups is 1. The van der Waals surface area contributed by atoms with E-state index >= 15 is 0 Å². The van der Waals surface area contributed by atoms with Gasteiger partial charge in [0, 0.05) is 11.6 Å². The Bertz CT molecular complexity index is 893. The van der Waals surface area contributed by atoms with Crippen LogP contribution in [0, 0.1) is 6.92 Å². The van der Waals surface area contributed by atoms with Crippen LogP contribution in [0.25, 0.3) is 0 Å². The van der Waals surface area contributed by atoms with Crippen LogP contribution in [-0.2, 0) is 11.2 Å². The van der Waals surface area contributed by atoms with Crippen LogP contribution in [-0.4, -0.2) is 34.0 Å². The molecule has 2 aromatic carbocycles. The van der Waals surface area contributed by atoms with Crippen LogP contribution < -0.4 is 0 Å². The summed E-state index contributed by atoms with van der Waals surface area (Å²) in [5.41, 5.74) is 3.25. The summed E-state index contributed by atoms with van der Waals surface area (Å²) in [6.07, 6.45) is 4.02. The average Bonchev–Trinajstić information content (AvgIpc) is 2.95. The van der Waals surface area contributed by atoms with E-state index in [0.29, 0.717) is 23.2 Å². The molecule has 1 heterocycles. The minimum absolute atomic E-state index is 0.0450. The predicted molar refractivity (Wildman–Crippen MR) is 115 cm³/mol. The maximum Gasteiger partial charge on any atom is 0.242 e. The number of aryl methyl sites for hydroxylation is 1. The molecule has 1 atom stereocenters. The van der Waals surface area contributed by atoms with Crippen molar-refractivity contribution in [1.82, 2.24) is 4.90 Å². The molecule has 1 amide bonds. The molecule has 0 bridgehead atoms. The SMILES string of the molecule is C=CCN1C(=O)C(Cc2ccccc2C)S/C1=N\N=C\c1ccc(Cl)cc1. The third-order valence-electron chi connectivity index (χ3n) is 4.22. The first-order chi connectivity index (χ1) is 13.1. The fourth-order valence-corrected chi connectivity index (χ4v) is 4.00. The smallest absolute Gasteiger partial charge is 0.242 e. The van der Waals surface area contributed by atoms with Crippen molar-refractivity contribution in [1.29, 1.82) is 0 Å². The number of hydrogen-bond acceptors (Lipinski definition) is 4. The summed E-state index contributed by atoms with van der Waals surface area (Å²) >= 11 is 7.34. The zero-order valence-electron chi connectivity index (χ0n) is 15.0. The first-order valence-electron chi connectivity index (χ1n) is 8.58. The number of amidine groups is 1. The summed E-state index contributed by atoms with van der Waals surface area (Å²) in [7, 11) is 0. The molecular weight excluding hydrogens is 378 g/mol. The molecule has 4 nitrogen and oxygen atoms in total. The first-order valence-corrected chi connectivity index (χ1v) is 9.84. The number of rotatable bonds is 6. The van der Waals surface area contributed by atoms with Gasteiger partial charge in [0.05, 0.1) is 11.5 Å². The van der Waals surface area contributed by atoms with Crippen LogP contribution >= 0.6 is 23.4 Å². The van der Waals surface area contributed by atoms with Crippen LogP contribution in [0.5, 0.6) is 0 Å². The molecule has 0 saturated carbocycles. The van der Waals surface area contributed by atoms with Gasteiger partial charge in [0.1, 0.15) is 0 Å². The highest BCUT2D eigenvalue weighted by molar-refractivity contribution is 8.15. The fraction of sp³-hybridized carbons (Fsp3) is 0.190. The van der Waals surface area contributed by atoms with E-state index in [1.54, 1.807) is 29.3 Å². The standard InChI is InChI=1S/C21H20ClN3OS/c1-3-12-25-20(26)19(13-17-7-5-4-6-15(17)2)27-21(25)24-23-14-16-8-10-18(22)11-9-16/h3-11,14,19H,1,12-13H2,2H3/b23-14+,24-21-. The lowest BCUT2D eigenvalue weighted by Gasteiger charge is -2.13. The maximum absolute atomic E-state index is 12.8. The molecule has 0 aromatic heterocycles. The monoisotopic (exact) mass is 397 g/mol. The Morgan fingerprint density at radius 3 is 2.67 bits per heavy atom. The second-order valence-electron chi connectivity index (χ2n) is 6.15. The van der Waals surface area contributed by atoms with Gasteiger partial charge in [0.25, 0.3) is 0 Å². The predicted octanol–water partition coefficient (Wildman–Crippen LogP) is 4.71. The van der Waals surface area contributed by atoms with E-state index in [2.05, 4.69) is 35.8 Å². The van der Waals surface area contributed by atoms with Crippen molar-refractivity contribution in [2.45, 2.75) is 18.6 Å². The Balaban J connectivity index is 1.77. The lowest BCUT2D eigenvalue weighted by atomic mass is 10.0. The Labute approximate surface area is 168 Å². The summed E-state index contributed by atoms with van der Waals surface area (Å²) in [4.78, 5) is 14.4. The van der Waals surface area contributed by atoms with Gasteiger partial charge in [-0.15, -0.1) is 11.7 Å². The summed E-state index contributed by atoms with van der Waals surface area (Å²) in [5, 5.41) is 9.50. The number of thioether (sulfide) groups is 1. The van der Waals surface area contributed by atoms with Crippen LogP contribution in [0.2, 0.25) is 5.02 Å². The van der Waals surface area contributed by atoms with Crippen molar-refractivity contribution in [2.24, 2.45) is 10.2 Å². The van der Waals surface area contributed by atoms with Crippen LogP contribution in [0.4, 0.5) is 0 Å². The highest BCUT2D eigenvalue weighted by Gasteiger charge is 2.37. The van der Waals surface area contributed by atoms with Crippen LogP contribution in [0.3, 0.4) is 0 Å². The van der Waals surface area contributed by atoms with E-state index in [1.807, 2.05) is 24.3 Å². The molecule has 1 fully saturated rings. The first kappa shape index (κ1) is 19.4. The Kier molecular flexibility index (Phi) is 6.48. The largest absolute Gasteiger partial charge is 0.285 e. The van der Waals surface area contributed by atoms with Gasteiger partial charge >= 0.3 is 0 Å². The minimum atomic E-state index is -0.199. The molecule has 1 aliphatic rings. The molecule has 27 heavy (non-hydrogen) atoms. The Morgan fingerprint density at radius 1 is 1.22 bits per heavy atom. The summed E-state index contributed by atoms with van der Waals surface area (Å²) in [6, 6.07) is 15.5. The second kappa shape index (κ2) is 9.02. The summed E-state index contributed by atoms with van der Waals surface area (Å²) in [5.74, 6) is 0.0450. The van der Waals surface area contributed by atoms with E-state index in [0.717, 1.165) is 5.56 Å². The topological polar surface area (TPSA) is 45.0 Å². The molecule has 2 aromatic rings.